The van der Waals surface area contributed by atoms with E-state index >= 15 is 0 Å². The second kappa shape index (κ2) is 7.31. The molecule has 0 fully saturated rings. The van der Waals surface area contributed by atoms with E-state index in [1.165, 1.54) is 38.3 Å². The molecule has 0 bridgehead atoms. The number of hydrogen-bond acceptors (Lipinski definition) is 9. The first kappa shape index (κ1) is 20.7. The predicted molar refractivity (Wildman–Crippen MR) is 109 cm³/mol. The number of phenols is 4. The zero-order chi connectivity index (χ0) is 23.3. The molecule has 0 saturated heterocycles. The van der Waals surface area contributed by atoms with E-state index in [1.54, 1.807) is 0 Å². The number of rotatable bonds is 3. The summed E-state index contributed by atoms with van der Waals surface area (Å²) in [4.78, 5) is 38.5. The van der Waals surface area contributed by atoms with Crippen molar-refractivity contribution < 1.29 is 44.3 Å². The number of aromatic hydroxyl groups is 4. The monoisotopic (exact) mass is 436 g/mol. The van der Waals surface area contributed by atoms with Crippen LogP contribution in [0.15, 0.2) is 36.4 Å². The zero-order valence-electron chi connectivity index (χ0n) is 16.8. The van der Waals surface area contributed by atoms with Crippen molar-refractivity contribution in [3.8, 4) is 34.5 Å². The van der Waals surface area contributed by atoms with E-state index < -0.39 is 46.1 Å². The van der Waals surface area contributed by atoms with Gasteiger partial charge >= 0.3 is 5.97 Å². The van der Waals surface area contributed by atoms with E-state index in [1.807, 2.05) is 0 Å². The Morgan fingerprint density at radius 2 is 1.53 bits per heavy atom. The summed E-state index contributed by atoms with van der Waals surface area (Å²) in [5.74, 6) is -4.95. The number of methoxy groups -OCH3 is 1. The van der Waals surface area contributed by atoms with Crippen molar-refractivity contribution in [2.45, 2.75) is 6.92 Å². The number of ketones is 2. The van der Waals surface area contributed by atoms with Gasteiger partial charge in [0.25, 0.3) is 0 Å². The molecule has 0 radical (unpaired) electrons. The normalized spacial score (nSPS) is 12.2. The molecule has 32 heavy (non-hydrogen) atoms. The minimum Gasteiger partial charge on any atom is -0.508 e. The number of carbonyl (C=O) groups is 3. The van der Waals surface area contributed by atoms with Gasteiger partial charge < -0.3 is 29.9 Å². The van der Waals surface area contributed by atoms with Crippen LogP contribution < -0.4 is 9.47 Å². The topological polar surface area (TPSA) is 151 Å². The van der Waals surface area contributed by atoms with Crippen LogP contribution in [0.3, 0.4) is 0 Å². The highest BCUT2D eigenvalue weighted by Gasteiger charge is 2.37. The summed E-state index contributed by atoms with van der Waals surface area (Å²) >= 11 is 0. The average molecular weight is 436 g/mol. The first-order valence-corrected chi connectivity index (χ1v) is 9.25. The molecular formula is C23H16O9. The summed E-state index contributed by atoms with van der Waals surface area (Å²) in [5, 5.41) is 40.5. The molecule has 162 valence electrons. The van der Waals surface area contributed by atoms with E-state index in [-0.39, 0.29) is 39.3 Å². The molecular weight excluding hydrogens is 420 g/mol. The number of hydrogen-bond donors (Lipinski definition) is 4. The maximum atomic E-state index is 13.0. The number of fused-ring (bicyclic) bond motifs is 2. The molecule has 0 aromatic heterocycles. The molecule has 9 nitrogen and oxygen atoms in total. The van der Waals surface area contributed by atoms with Crippen molar-refractivity contribution in [2.75, 3.05) is 7.11 Å². The van der Waals surface area contributed by atoms with Crippen molar-refractivity contribution in [2.24, 2.45) is 0 Å². The van der Waals surface area contributed by atoms with Gasteiger partial charge in [-0.25, -0.2) is 4.79 Å². The van der Waals surface area contributed by atoms with Gasteiger partial charge in [0.1, 0.15) is 28.6 Å². The summed E-state index contributed by atoms with van der Waals surface area (Å²) in [6.45, 7) is 1.45. The molecule has 9 heteroatoms. The van der Waals surface area contributed by atoms with E-state index in [0.29, 0.717) is 0 Å². The fourth-order valence-electron chi connectivity index (χ4n) is 3.57. The lowest BCUT2D eigenvalue weighted by Gasteiger charge is -2.22. The third-order valence-electron chi connectivity index (χ3n) is 5.10. The smallest absolute Gasteiger partial charge is 0.347 e. The Labute approximate surface area is 180 Å². The lowest BCUT2D eigenvalue weighted by molar-refractivity contribution is 0.0723. The lowest BCUT2D eigenvalue weighted by Crippen LogP contribution is -2.22. The van der Waals surface area contributed by atoms with Gasteiger partial charge in [0.15, 0.2) is 17.3 Å². The highest BCUT2D eigenvalue weighted by molar-refractivity contribution is 6.30. The van der Waals surface area contributed by atoms with Crippen molar-refractivity contribution in [1.82, 2.24) is 0 Å². The molecule has 4 rings (SSSR count). The molecule has 1 aliphatic carbocycles. The van der Waals surface area contributed by atoms with Crippen LogP contribution in [0.4, 0.5) is 0 Å². The van der Waals surface area contributed by atoms with Gasteiger partial charge in [0, 0.05) is 17.2 Å². The Hall–Kier alpha value is -4.53. The molecule has 0 spiro atoms. The number of carbonyl (C=O) groups excluding carboxylic acids is 3. The largest absolute Gasteiger partial charge is 0.508 e. The SMILES string of the molecule is COc1ccc(O)c(C(=O)Oc2c(C)cc3c(c2O)C(=O)c2c(O)cc(O)cc2C3=O)c1. The van der Waals surface area contributed by atoms with Crippen LogP contribution >= 0.6 is 0 Å². The molecule has 0 saturated carbocycles. The fourth-order valence-corrected chi connectivity index (χ4v) is 3.57. The van der Waals surface area contributed by atoms with Gasteiger partial charge in [-0.05, 0) is 42.8 Å². The van der Waals surface area contributed by atoms with E-state index in [0.717, 1.165) is 12.1 Å². The van der Waals surface area contributed by atoms with Crippen LogP contribution in [-0.2, 0) is 0 Å². The average Bonchev–Trinajstić information content (AvgIpc) is 2.74. The molecule has 1 aliphatic rings. The second-order valence-corrected chi connectivity index (χ2v) is 7.11. The fraction of sp³-hybridized carbons (Fsp3) is 0.0870. The van der Waals surface area contributed by atoms with Crippen molar-refractivity contribution in [1.29, 1.82) is 0 Å². The minimum absolute atomic E-state index is 0.158. The Morgan fingerprint density at radius 1 is 0.844 bits per heavy atom. The molecule has 3 aromatic rings. The number of esters is 1. The van der Waals surface area contributed by atoms with Crippen LogP contribution in [0.2, 0.25) is 0 Å². The Kier molecular flexibility index (Phi) is 4.74. The van der Waals surface area contributed by atoms with Gasteiger partial charge in [0.2, 0.25) is 5.78 Å². The maximum Gasteiger partial charge on any atom is 0.347 e. The molecule has 0 unspecified atom stereocenters. The molecule has 0 aliphatic heterocycles. The van der Waals surface area contributed by atoms with Crippen LogP contribution in [-0.4, -0.2) is 45.1 Å². The first-order valence-electron chi connectivity index (χ1n) is 9.25. The summed E-state index contributed by atoms with van der Waals surface area (Å²) in [7, 11) is 1.37. The molecule has 4 N–H and O–H groups in total. The quantitative estimate of drug-likeness (QED) is 0.281. The molecule has 0 amide bonds. The maximum absolute atomic E-state index is 13.0. The van der Waals surface area contributed by atoms with Gasteiger partial charge in [0.05, 0.1) is 18.2 Å². The van der Waals surface area contributed by atoms with Crippen LogP contribution in [0, 0.1) is 6.92 Å². The van der Waals surface area contributed by atoms with Crippen LogP contribution in [0.5, 0.6) is 34.5 Å². The van der Waals surface area contributed by atoms with Crippen LogP contribution in [0.25, 0.3) is 0 Å². The van der Waals surface area contributed by atoms with E-state index in [4.69, 9.17) is 9.47 Å². The number of ether oxygens (including phenoxy) is 2. The molecule has 3 aromatic carbocycles. The molecule has 0 atom stereocenters. The zero-order valence-corrected chi connectivity index (χ0v) is 16.8. The Balaban J connectivity index is 1.82. The summed E-state index contributed by atoms with van der Waals surface area (Å²) in [5.41, 5.74) is -1.32. The van der Waals surface area contributed by atoms with Crippen molar-refractivity contribution in [3.05, 3.63) is 69.8 Å². The standard InChI is InChI=1S/C23H16O9/c1-9-5-13-18(20(28)17-14(19(13)27)6-10(24)7-16(17)26)21(29)22(9)32-23(30)12-8-11(31-2)3-4-15(12)25/h3-8,24-26,29H,1-2H3. The number of phenolic OH excluding ortho intramolecular Hbond substituents is 4. The summed E-state index contributed by atoms with van der Waals surface area (Å²) in [6, 6.07) is 7.09. The summed E-state index contributed by atoms with van der Waals surface area (Å²) < 4.78 is 10.3. The highest BCUT2D eigenvalue weighted by Crippen LogP contribution is 2.44. The minimum atomic E-state index is -1.04. The molecule has 0 heterocycles. The van der Waals surface area contributed by atoms with E-state index in [2.05, 4.69) is 0 Å². The van der Waals surface area contributed by atoms with Crippen LogP contribution in [0.1, 0.15) is 47.8 Å². The third kappa shape index (κ3) is 3.07. The predicted octanol–water partition coefficient (Wildman–Crippen LogP) is 2.82. The number of benzene rings is 3. The highest BCUT2D eigenvalue weighted by atomic mass is 16.5. The van der Waals surface area contributed by atoms with E-state index in [9.17, 15) is 34.8 Å². The van der Waals surface area contributed by atoms with Gasteiger partial charge in [-0.15, -0.1) is 0 Å². The van der Waals surface area contributed by atoms with Gasteiger partial charge in [-0.1, -0.05) is 0 Å². The van der Waals surface area contributed by atoms with Gasteiger partial charge in [-0.2, -0.15) is 0 Å². The van der Waals surface area contributed by atoms with Crippen molar-refractivity contribution >= 4 is 17.5 Å². The second-order valence-electron chi connectivity index (χ2n) is 7.11. The number of aryl methyl sites for hydroxylation is 1. The first-order chi connectivity index (χ1) is 15.1. The van der Waals surface area contributed by atoms with Crippen molar-refractivity contribution in [3.63, 3.8) is 0 Å². The Morgan fingerprint density at radius 3 is 2.22 bits per heavy atom. The van der Waals surface area contributed by atoms with Gasteiger partial charge in [-0.3, -0.25) is 9.59 Å². The lowest BCUT2D eigenvalue weighted by atomic mass is 9.82. The summed E-state index contributed by atoms with van der Waals surface area (Å²) in [6.07, 6.45) is 0. The Bertz CT molecular complexity index is 1340. The third-order valence-corrected chi connectivity index (χ3v) is 5.10.